The Hall–Kier alpha value is -1.23. The molecule has 0 saturated carbocycles. The van der Waals surface area contributed by atoms with Crippen LogP contribution in [0, 0.1) is 0 Å². The maximum Gasteiger partial charge on any atom is 0.243 e. The van der Waals surface area contributed by atoms with Gasteiger partial charge in [-0.3, -0.25) is 4.79 Å². The van der Waals surface area contributed by atoms with E-state index in [1.807, 2.05) is 0 Å². The monoisotopic (exact) mass is 393 g/mol. The Balaban J connectivity index is 0.00000312. The number of ether oxygens (including phenoxy) is 2. The van der Waals surface area contributed by atoms with E-state index in [2.05, 4.69) is 5.32 Å². The number of nitrogens with zero attached hydrogens (tertiary/aromatic N) is 1. The maximum absolute atomic E-state index is 12.6. The van der Waals surface area contributed by atoms with Crippen molar-refractivity contribution in [2.45, 2.75) is 17.4 Å². The topological polar surface area (TPSA) is 111 Å². The van der Waals surface area contributed by atoms with Crippen molar-refractivity contribution in [2.75, 3.05) is 45.3 Å². The lowest BCUT2D eigenvalue weighted by Crippen LogP contribution is -2.40. The zero-order valence-corrected chi connectivity index (χ0v) is 15.6. The molecule has 2 rings (SSSR count). The van der Waals surface area contributed by atoms with Crippen LogP contribution in [0.15, 0.2) is 29.2 Å². The van der Waals surface area contributed by atoms with Gasteiger partial charge in [-0.1, -0.05) is 6.07 Å². The van der Waals surface area contributed by atoms with Gasteiger partial charge in [0, 0.05) is 32.4 Å². The third-order valence-electron chi connectivity index (χ3n) is 3.73. The molecule has 1 aromatic carbocycles. The van der Waals surface area contributed by atoms with Crippen LogP contribution in [0.4, 0.5) is 5.69 Å². The molecule has 1 amide bonds. The fourth-order valence-corrected chi connectivity index (χ4v) is 3.81. The number of amides is 1. The SMILES string of the molecule is COC(CN)CC(=O)Nc1cccc(S(=O)(=O)N2CCOCC2)c1.Cl. The molecule has 1 fully saturated rings. The van der Waals surface area contributed by atoms with Gasteiger partial charge in [0.2, 0.25) is 15.9 Å². The molecule has 0 aromatic heterocycles. The van der Waals surface area contributed by atoms with Gasteiger partial charge in [-0.05, 0) is 18.2 Å². The van der Waals surface area contributed by atoms with E-state index in [9.17, 15) is 13.2 Å². The molecule has 0 spiro atoms. The van der Waals surface area contributed by atoms with Crippen LogP contribution in [0.3, 0.4) is 0 Å². The Morgan fingerprint density at radius 1 is 1.40 bits per heavy atom. The molecule has 1 saturated heterocycles. The molecule has 3 N–H and O–H groups in total. The molecule has 142 valence electrons. The Kier molecular flexibility index (Phi) is 8.77. The number of nitrogens with one attached hydrogen (secondary N) is 1. The first-order valence-electron chi connectivity index (χ1n) is 7.68. The molecule has 1 heterocycles. The van der Waals surface area contributed by atoms with E-state index in [1.54, 1.807) is 12.1 Å². The lowest BCUT2D eigenvalue weighted by Gasteiger charge is -2.26. The third kappa shape index (κ3) is 5.91. The molecule has 25 heavy (non-hydrogen) atoms. The summed E-state index contributed by atoms with van der Waals surface area (Å²) in [5.74, 6) is -0.284. The number of morpholine rings is 1. The van der Waals surface area contributed by atoms with Crippen LogP contribution in [0.5, 0.6) is 0 Å². The lowest BCUT2D eigenvalue weighted by atomic mass is 10.2. The summed E-state index contributed by atoms with van der Waals surface area (Å²) in [6, 6.07) is 6.20. The van der Waals surface area contributed by atoms with Crippen molar-refractivity contribution in [1.82, 2.24) is 4.31 Å². The Labute approximate surface area is 154 Å². The highest BCUT2D eigenvalue weighted by atomic mass is 35.5. The molecule has 10 heteroatoms. The van der Waals surface area contributed by atoms with Crippen molar-refractivity contribution < 1.29 is 22.7 Å². The van der Waals surface area contributed by atoms with Crippen molar-refractivity contribution in [3.63, 3.8) is 0 Å². The molecule has 8 nitrogen and oxygen atoms in total. The first-order valence-corrected chi connectivity index (χ1v) is 9.12. The van der Waals surface area contributed by atoms with Crippen LogP contribution in [0.25, 0.3) is 0 Å². The summed E-state index contributed by atoms with van der Waals surface area (Å²) in [5, 5.41) is 2.67. The second-order valence-electron chi connectivity index (χ2n) is 5.39. The van der Waals surface area contributed by atoms with Gasteiger partial charge < -0.3 is 20.5 Å². The minimum absolute atomic E-state index is 0. The second kappa shape index (κ2) is 10.0. The highest BCUT2D eigenvalue weighted by molar-refractivity contribution is 7.89. The molecule has 0 bridgehead atoms. The molecule has 1 atom stereocenters. The molecule has 1 aliphatic rings. The van der Waals surface area contributed by atoms with E-state index in [0.717, 1.165) is 0 Å². The van der Waals surface area contributed by atoms with Crippen LogP contribution in [-0.4, -0.2) is 64.7 Å². The summed E-state index contributed by atoms with van der Waals surface area (Å²) in [6.07, 6.45) is -0.266. The summed E-state index contributed by atoms with van der Waals surface area (Å²) in [5.41, 5.74) is 5.91. The summed E-state index contributed by atoms with van der Waals surface area (Å²) >= 11 is 0. The average Bonchev–Trinajstić information content (AvgIpc) is 2.60. The van der Waals surface area contributed by atoms with Crippen molar-refractivity contribution in [1.29, 1.82) is 0 Å². The highest BCUT2D eigenvalue weighted by Gasteiger charge is 2.26. The summed E-state index contributed by atoms with van der Waals surface area (Å²) in [7, 11) is -2.11. The predicted octanol–water partition coefficient (Wildman–Crippen LogP) is 0.432. The number of sulfonamides is 1. The number of carbonyl (C=O) groups is 1. The van der Waals surface area contributed by atoms with Gasteiger partial charge in [-0.2, -0.15) is 4.31 Å². The number of carbonyl (C=O) groups excluding carboxylic acids is 1. The first-order chi connectivity index (χ1) is 11.5. The van der Waals surface area contributed by atoms with Crippen LogP contribution in [-0.2, 0) is 24.3 Å². The predicted molar refractivity (Wildman–Crippen MR) is 96.4 cm³/mol. The lowest BCUT2D eigenvalue weighted by molar-refractivity contribution is -0.118. The number of methoxy groups -OCH3 is 1. The first kappa shape index (κ1) is 21.8. The number of nitrogens with two attached hydrogens (primary N) is 1. The highest BCUT2D eigenvalue weighted by Crippen LogP contribution is 2.20. The van der Waals surface area contributed by atoms with Gasteiger partial charge >= 0.3 is 0 Å². The number of hydrogen-bond donors (Lipinski definition) is 2. The Bertz CT molecular complexity index is 661. The largest absolute Gasteiger partial charge is 0.380 e. The minimum atomic E-state index is -3.60. The average molecular weight is 394 g/mol. The van der Waals surface area contributed by atoms with Crippen LogP contribution in [0.2, 0.25) is 0 Å². The number of benzene rings is 1. The molecular formula is C15H24ClN3O5S. The summed E-state index contributed by atoms with van der Waals surface area (Å²) < 4.78 is 36.9. The van der Waals surface area contributed by atoms with E-state index < -0.39 is 10.0 Å². The van der Waals surface area contributed by atoms with Gasteiger partial charge in [0.15, 0.2) is 0 Å². The van der Waals surface area contributed by atoms with Gasteiger partial charge in [-0.25, -0.2) is 8.42 Å². The normalized spacial score (nSPS) is 16.7. The third-order valence-corrected chi connectivity index (χ3v) is 5.63. The molecule has 0 aliphatic carbocycles. The number of anilines is 1. The quantitative estimate of drug-likeness (QED) is 0.695. The second-order valence-corrected chi connectivity index (χ2v) is 7.33. The van der Waals surface area contributed by atoms with E-state index in [-0.39, 0.29) is 42.3 Å². The summed E-state index contributed by atoms with van der Waals surface area (Å²) in [6.45, 7) is 1.64. The standard InChI is InChI=1S/C15H23N3O5S.ClH/c1-22-13(11-16)10-15(19)17-12-3-2-4-14(9-12)24(20,21)18-5-7-23-8-6-18;/h2-4,9,13H,5-8,10-11,16H2,1H3,(H,17,19);1H. The molecular weight excluding hydrogens is 370 g/mol. The van der Waals surface area contributed by atoms with E-state index in [4.69, 9.17) is 15.2 Å². The van der Waals surface area contributed by atoms with Crippen molar-refractivity contribution in [3.8, 4) is 0 Å². The van der Waals surface area contributed by atoms with Crippen molar-refractivity contribution in [2.24, 2.45) is 5.73 Å². The van der Waals surface area contributed by atoms with E-state index in [1.165, 1.54) is 23.5 Å². The van der Waals surface area contributed by atoms with Crippen molar-refractivity contribution in [3.05, 3.63) is 24.3 Å². The molecule has 0 radical (unpaired) electrons. The van der Waals surface area contributed by atoms with Crippen LogP contribution in [0.1, 0.15) is 6.42 Å². The van der Waals surface area contributed by atoms with E-state index in [0.29, 0.717) is 32.0 Å². The fourth-order valence-electron chi connectivity index (χ4n) is 2.35. The number of hydrogen-bond acceptors (Lipinski definition) is 6. The van der Waals surface area contributed by atoms with Crippen LogP contribution < -0.4 is 11.1 Å². The minimum Gasteiger partial charge on any atom is -0.380 e. The van der Waals surface area contributed by atoms with Gasteiger partial charge in [0.05, 0.1) is 30.6 Å². The summed E-state index contributed by atoms with van der Waals surface area (Å²) in [4.78, 5) is 12.1. The van der Waals surface area contributed by atoms with Gasteiger partial charge in [0.25, 0.3) is 0 Å². The zero-order chi connectivity index (χ0) is 17.6. The Morgan fingerprint density at radius 2 is 2.08 bits per heavy atom. The number of halogens is 1. The van der Waals surface area contributed by atoms with Crippen molar-refractivity contribution >= 4 is 34.0 Å². The molecule has 1 unspecified atom stereocenters. The zero-order valence-electron chi connectivity index (χ0n) is 14.0. The Morgan fingerprint density at radius 3 is 2.68 bits per heavy atom. The smallest absolute Gasteiger partial charge is 0.243 e. The van der Waals surface area contributed by atoms with Crippen LogP contribution >= 0.6 is 12.4 Å². The number of rotatable bonds is 7. The van der Waals surface area contributed by atoms with Gasteiger partial charge in [0.1, 0.15) is 0 Å². The fraction of sp³-hybridized carbons (Fsp3) is 0.533. The molecule has 1 aliphatic heterocycles. The van der Waals surface area contributed by atoms with Gasteiger partial charge in [-0.15, -0.1) is 12.4 Å². The molecule has 1 aromatic rings. The van der Waals surface area contributed by atoms with E-state index >= 15 is 0 Å². The maximum atomic E-state index is 12.6.